The number of nitrogens with one attached hydrogen (secondary N) is 1. The topological polar surface area (TPSA) is 96.4 Å². The summed E-state index contributed by atoms with van der Waals surface area (Å²) in [6, 6.07) is 8.40. The molecule has 0 bridgehead atoms. The van der Waals surface area contributed by atoms with E-state index < -0.39 is 20.0 Å². The summed E-state index contributed by atoms with van der Waals surface area (Å²) in [5.74, 6) is 0. The quantitative estimate of drug-likeness (QED) is 0.879. The second-order valence-electron chi connectivity index (χ2n) is 4.58. The largest absolute Gasteiger partial charge is 0.279 e. The molecule has 2 rings (SSSR count). The van der Waals surface area contributed by atoms with Crippen LogP contribution in [0.25, 0.3) is 0 Å². The molecule has 0 aliphatic heterocycles. The summed E-state index contributed by atoms with van der Waals surface area (Å²) in [5.41, 5.74) is 0.298. The van der Waals surface area contributed by atoms with Gasteiger partial charge in [0.2, 0.25) is 10.0 Å². The van der Waals surface area contributed by atoms with Crippen molar-refractivity contribution in [2.75, 3.05) is 18.8 Å². The molecule has 0 amide bonds. The van der Waals surface area contributed by atoms with Crippen molar-refractivity contribution in [3.8, 4) is 0 Å². The van der Waals surface area contributed by atoms with Gasteiger partial charge in [-0.2, -0.15) is 0 Å². The van der Waals surface area contributed by atoms with Crippen LogP contribution in [0.5, 0.6) is 0 Å². The van der Waals surface area contributed by atoms with Crippen LogP contribution in [0.3, 0.4) is 0 Å². The standard InChI is InChI=1S/C13H15N3O4S2/c1-16(2)22(19,20)13-6-4-3-5-12(13)21(17,18)15-11-7-9-14-10-8-11/h3-10H,1-2H3,(H,14,15). The summed E-state index contributed by atoms with van der Waals surface area (Å²) in [7, 11) is -5.24. The molecule has 22 heavy (non-hydrogen) atoms. The second-order valence-corrected chi connectivity index (χ2v) is 8.35. The molecule has 0 aliphatic rings. The molecule has 7 nitrogen and oxygen atoms in total. The fraction of sp³-hybridized carbons (Fsp3) is 0.154. The van der Waals surface area contributed by atoms with Crippen molar-refractivity contribution in [3.05, 3.63) is 48.8 Å². The summed E-state index contributed by atoms with van der Waals surface area (Å²) < 4.78 is 52.8. The Morgan fingerprint density at radius 3 is 2.00 bits per heavy atom. The minimum absolute atomic E-state index is 0.276. The van der Waals surface area contributed by atoms with Crippen molar-refractivity contribution >= 4 is 25.7 Å². The Balaban J connectivity index is 2.54. The highest BCUT2D eigenvalue weighted by molar-refractivity contribution is 7.94. The van der Waals surface area contributed by atoms with Gasteiger partial charge in [0.05, 0.1) is 5.69 Å². The Kier molecular flexibility index (Phi) is 4.50. The van der Waals surface area contributed by atoms with Gasteiger partial charge in [0.25, 0.3) is 10.0 Å². The number of anilines is 1. The first kappa shape index (κ1) is 16.4. The lowest BCUT2D eigenvalue weighted by Gasteiger charge is -2.15. The Hall–Kier alpha value is -1.97. The minimum Gasteiger partial charge on any atom is -0.279 e. The van der Waals surface area contributed by atoms with Crippen LogP contribution in [-0.4, -0.2) is 40.2 Å². The molecule has 0 radical (unpaired) electrons. The van der Waals surface area contributed by atoms with E-state index in [0.717, 1.165) is 4.31 Å². The molecule has 2 aromatic rings. The first-order chi connectivity index (χ1) is 10.2. The van der Waals surface area contributed by atoms with E-state index in [9.17, 15) is 16.8 Å². The third-order valence-corrected chi connectivity index (χ3v) is 6.27. The maximum absolute atomic E-state index is 12.5. The molecule has 1 aromatic carbocycles. The van der Waals surface area contributed by atoms with Gasteiger partial charge in [0, 0.05) is 26.5 Å². The molecule has 0 aliphatic carbocycles. The molecule has 0 saturated carbocycles. The first-order valence-electron chi connectivity index (χ1n) is 6.19. The molecule has 0 fully saturated rings. The van der Waals surface area contributed by atoms with Gasteiger partial charge >= 0.3 is 0 Å². The average molecular weight is 341 g/mol. The number of sulfonamides is 2. The number of pyridine rings is 1. The summed E-state index contributed by atoms with van der Waals surface area (Å²) in [6.45, 7) is 0. The summed E-state index contributed by atoms with van der Waals surface area (Å²) in [5, 5.41) is 0. The lowest BCUT2D eigenvalue weighted by Crippen LogP contribution is -2.25. The van der Waals surface area contributed by atoms with E-state index in [-0.39, 0.29) is 9.79 Å². The lowest BCUT2D eigenvalue weighted by molar-refractivity contribution is 0.517. The summed E-state index contributed by atoms with van der Waals surface area (Å²) in [6.07, 6.45) is 2.86. The molecule has 1 aromatic heterocycles. The van der Waals surface area contributed by atoms with Gasteiger partial charge in [0.1, 0.15) is 9.79 Å². The van der Waals surface area contributed by atoms with Gasteiger partial charge in [0.15, 0.2) is 0 Å². The Morgan fingerprint density at radius 2 is 1.45 bits per heavy atom. The third-order valence-electron chi connectivity index (χ3n) is 2.83. The van der Waals surface area contributed by atoms with Crippen LogP contribution < -0.4 is 4.72 Å². The van der Waals surface area contributed by atoms with Crippen molar-refractivity contribution in [1.82, 2.24) is 9.29 Å². The fourth-order valence-corrected chi connectivity index (χ4v) is 4.47. The predicted molar refractivity (Wildman–Crippen MR) is 82.4 cm³/mol. The Labute approximate surface area is 129 Å². The zero-order valence-corrected chi connectivity index (χ0v) is 13.6. The lowest BCUT2D eigenvalue weighted by atomic mass is 10.4. The molecular weight excluding hydrogens is 326 g/mol. The van der Waals surface area contributed by atoms with Gasteiger partial charge in [-0.15, -0.1) is 0 Å². The zero-order chi connectivity index (χ0) is 16.4. The SMILES string of the molecule is CN(C)S(=O)(=O)c1ccccc1S(=O)(=O)Nc1ccncc1. The third kappa shape index (κ3) is 3.26. The molecule has 0 unspecified atom stereocenters. The van der Waals surface area contributed by atoms with Gasteiger partial charge in [-0.3, -0.25) is 9.71 Å². The Bertz CT molecular complexity index is 863. The Morgan fingerprint density at radius 1 is 0.909 bits per heavy atom. The van der Waals surface area contributed by atoms with E-state index >= 15 is 0 Å². The highest BCUT2D eigenvalue weighted by atomic mass is 32.2. The molecular formula is C13H15N3O4S2. The number of benzene rings is 1. The van der Waals surface area contributed by atoms with Crippen molar-refractivity contribution < 1.29 is 16.8 Å². The molecule has 9 heteroatoms. The molecule has 1 N–H and O–H groups in total. The van der Waals surface area contributed by atoms with Crippen LogP contribution in [0.15, 0.2) is 58.6 Å². The zero-order valence-electron chi connectivity index (χ0n) is 12.0. The van der Waals surface area contributed by atoms with Crippen LogP contribution in [0.1, 0.15) is 0 Å². The highest BCUT2D eigenvalue weighted by Gasteiger charge is 2.27. The summed E-state index contributed by atoms with van der Waals surface area (Å²) in [4.78, 5) is 3.21. The number of hydrogen-bond acceptors (Lipinski definition) is 5. The number of hydrogen-bond donors (Lipinski definition) is 1. The van der Waals surface area contributed by atoms with Crippen LogP contribution in [0.4, 0.5) is 5.69 Å². The average Bonchev–Trinajstić information content (AvgIpc) is 2.47. The van der Waals surface area contributed by atoms with Crippen molar-refractivity contribution in [2.45, 2.75) is 9.79 Å². The number of aromatic nitrogens is 1. The normalized spacial score (nSPS) is 12.3. The summed E-state index contributed by atoms with van der Waals surface area (Å²) >= 11 is 0. The molecule has 1 heterocycles. The van der Waals surface area contributed by atoms with E-state index in [4.69, 9.17) is 0 Å². The van der Waals surface area contributed by atoms with Gasteiger partial charge in [-0.05, 0) is 24.3 Å². The number of nitrogens with zero attached hydrogens (tertiary/aromatic N) is 2. The maximum atomic E-state index is 12.5. The predicted octanol–water partition coefficient (Wildman–Crippen LogP) is 1.13. The molecule has 0 saturated heterocycles. The second kappa shape index (κ2) is 6.03. The minimum atomic E-state index is -4.04. The van der Waals surface area contributed by atoms with Crippen molar-refractivity contribution in [3.63, 3.8) is 0 Å². The molecule has 0 atom stereocenters. The van der Waals surface area contributed by atoms with Crippen LogP contribution in [0.2, 0.25) is 0 Å². The van der Waals surface area contributed by atoms with Crippen molar-refractivity contribution in [2.24, 2.45) is 0 Å². The van der Waals surface area contributed by atoms with E-state index in [1.807, 2.05) is 0 Å². The van der Waals surface area contributed by atoms with Crippen LogP contribution in [0, 0.1) is 0 Å². The maximum Gasteiger partial charge on any atom is 0.263 e. The fourth-order valence-electron chi connectivity index (χ4n) is 1.71. The monoisotopic (exact) mass is 341 g/mol. The van der Waals surface area contributed by atoms with Crippen LogP contribution in [-0.2, 0) is 20.0 Å². The van der Waals surface area contributed by atoms with E-state index in [1.165, 1.54) is 62.9 Å². The van der Waals surface area contributed by atoms with Gasteiger partial charge < -0.3 is 0 Å². The first-order valence-corrected chi connectivity index (χ1v) is 9.12. The van der Waals surface area contributed by atoms with Gasteiger partial charge in [-0.25, -0.2) is 21.1 Å². The van der Waals surface area contributed by atoms with E-state index in [2.05, 4.69) is 9.71 Å². The van der Waals surface area contributed by atoms with E-state index in [0.29, 0.717) is 5.69 Å². The van der Waals surface area contributed by atoms with Crippen LogP contribution >= 0.6 is 0 Å². The van der Waals surface area contributed by atoms with Crippen molar-refractivity contribution in [1.29, 1.82) is 0 Å². The number of rotatable bonds is 5. The molecule has 0 spiro atoms. The smallest absolute Gasteiger partial charge is 0.263 e. The molecule has 118 valence electrons. The van der Waals surface area contributed by atoms with Gasteiger partial charge in [-0.1, -0.05) is 12.1 Å². The van der Waals surface area contributed by atoms with E-state index in [1.54, 1.807) is 0 Å². The highest BCUT2D eigenvalue weighted by Crippen LogP contribution is 2.24.